The number of carbonyl (C=O) groups excluding carboxylic acids is 2. The minimum Gasteiger partial charge on any atom is -0.493 e. The summed E-state index contributed by atoms with van der Waals surface area (Å²) in [4.78, 5) is 29.5. The molecule has 7 nitrogen and oxygen atoms in total. The maximum Gasteiger partial charge on any atom is 0.227 e. The lowest BCUT2D eigenvalue weighted by Gasteiger charge is -2.40. The van der Waals surface area contributed by atoms with Gasteiger partial charge in [-0.2, -0.15) is 0 Å². The molecule has 3 rings (SSSR count). The van der Waals surface area contributed by atoms with Crippen molar-refractivity contribution in [2.75, 3.05) is 46.3 Å². The fourth-order valence-corrected chi connectivity index (χ4v) is 4.69. The SMILES string of the molecule is COc1ccc(N2CC(C(=O)NCC3(N(C)C)CCCCCC3)CC2=O)cc1OC. The second-order valence-electron chi connectivity index (χ2n) is 8.70. The van der Waals surface area contributed by atoms with Crippen molar-refractivity contribution in [1.29, 1.82) is 0 Å². The fourth-order valence-electron chi connectivity index (χ4n) is 4.69. The summed E-state index contributed by atoms with van der Waals surface area (Å²) >= 11 is 0. The minimum atomic E-state index is -0.337. The molecule has 1 heterocycles. The van der Waals surface area contributed by atoms with Gasteiger partial charge in [0.05, 0.1) is 20.1 Å². The Bertz CT molecular complexity index is 757. The topological polar surface area (TPSA) is 71.1 Å². The van der Waals surface area contributed by atoms with E-state index in [1.165, 1.54) is 25.7 Å². The molecular weight excluding hydrogens is 382 g/mol. The van der Waals surface area contributed by atoms with Crippen LogP contribution in [0.4, 0.5) is 5.69 Å². The van der Waals surface area contributed by atoms with Crippen LogP contribution < -0.4 is 19.7 Å². The van der Waals surface area contributed by atoms with E-state index in [4.69, 9.17) is 9.47 Å². The molecule has 1 saturated heterocycles. The Morgan fingerprint density at radius 3 is 2.40 bits per heavy atom. The molecule has 2 fully saturated rings. The number of nitrogens with one attached hydrogen (secondary N) is 1. The Morgan fingerprint density at radius 1 is 1.13 bits per heavy atom. The Morgan fingerprint density at radius 2 is 1.80 bits per heavy atom. The van der Waals surface area contributed by atoms with E-state index >= 15 is 0 Å². The molecule has 1 aliphatic carbocycles. The zero-order valence-electron chi connectivity index (χ0n) is 18.7. The minimum absolute atomic E-state index is 0.0117. The lowest BCUT2D eigenvalue weighted by molar-refractivity contribution is -0.126. The molecule has 2 aliphatic rings. The highest BCUT2D eigenvalue weighted by Gasteiger charge is 2.38. The number of benzene rings is 1. The van der Waals surface area contributed by atoms with Crippen molar-refractivity contribution in [3.05, 3.63) is 18.2 Å². The van der Waals surface area contributed by atoms with Crippen LogP contribution in [0.3, 0.4) is 0 Å². The van der Waals surface area contributed by atoms with Crippen LogP contribution in [0.1, 0.15) is 44.9 Å². The maximum atomic E-state index is 12.9. The summed E-state index contributed by atoms with van der Waals surface area (Å²) in [5.74, 6) is 0.767. The number of carbonyl (C=O) groups is 2. The third-order valence-corrected chi connectivity index (χ3v) is 6.75. The van der Waals surface area contributed by atoms with Gasteiger partial charge in [-0.15, -0.1) is 0 Å². The van der Waals surface area contributed by atoms with Crippen LogP contribution in [0.5, 0.6) is 11.5 Å². The highest BCUT2D eigenvalue weighted by molar-refractivity contribution is 6.00. The van der Waals surface area contributed by atoms with Gasteiger partial charge in [0, 0.05) is 36.8 Å². The van der Waals surface area contributed by atoms with Crippen molar-refractivity contribution in [3.8, 4) is 11.5 Å². The summed E-state index contributed by atoms with van der Waals surface area (Å²) < 4.78 is 10.6. The lowest BCUT2D eigenvalue weighted by Crippen LogP contribution is -2.53. The number of anilines is 1. The molecule has 1 saturated carbocycles. The average Bonchev–Trinajstić information content (AvgIpc) is 2.97. The fraction of sp³-hybridized carbons (Fsp3) is 0.652. The summed E-state index contributed by atoms with van der Waals surface area (Å²) in [6.07, 6.45) is 7.35. The van der Waals surface area contributed by atoms with Gasteiger partial charge in [-0.1, -0.05) is 25.7 Å². The summed E-state index contributed by atoms with van der Waals surface area (Å²) in [6.45, 7) is 1.02. The molecule has 1 aromatic carbocycles. The molecule has 1 atom stereocenters. The van der Waals surface area contributed by atoms with Crippen LogP contribution in [0, 0.1) is 5.92 Å². The Hall–Kier alpha value is -2.28. The molecule has 166 valence electrons. The Kier molecular flexibility index (Phi) is 7.23. The first-order chi connectivity index (χ1) is 14.4. The Labute approximate surface area is 179 Å². The van der Waals surface area contributed by atoms with Crippen LogP contribution in [0.25, 0.3) is 0 Å². The molecule has 1 aromatic rings. The number of rotatable bonds is 7. The first kappa shape index (κ1) is 22.4. The predicted molar refractivity (Wildman–Crippen MR) is 117 cm³/mol. The molecule has 0 bridgehead atoms. The van der Waals surface area contributed by atoms with Crippen molar-refractivity contribution in [1.82, 2.24) is 10.2 Å². The van der Waals surface area contributed by atoms with Gasteiger partial charge in [0.25, 0.3) is 0 Å². The van der Waals surface area contributed by atoms with Gasteiger partial charge in [-0.3, -0.25) is 9.59 Å². The second kappa shape index (κ2) is 9.69. The normalized spacial score (nSPS) is 21.4. The third kappa shape index (κ3) is 4.72. The zero-order chi connectivity index (χ0) is 21.7. The third-order valence-electron chi connectivity index (χ3n) is 6.75. The number of methoxy groups -OCH3 is 2. The van der Waals surface area contributed by atoms with E-state index in [2.05, 4.69) is 24.3 Å². The molecule has 30 heavy (non-hydrogen) atoms. The largest absolute Gasteiger partial charge is 0.493 e. The molecule has 7 heteroatoms. The van der Waals surface area contributed by atoms with Gasteiger partial charge in [0.1, 0.15) is 0 Å². The highest BCUT2D eigenvalue weighted by atomic mass is 16.5. The van der Waals surface area contributed by atoms with Crippen LogP contribution >= 0.6 is 0 Å². The van der Waals surface area contributed by atoms with E-state index in [9.17, 15) is 9.59 Å². The monoisotopic (exact) mass is 417 g/mol. The molecule has 2 amide bonds. The standard InChI is InChI=1S/C23H35N3O4/c1-25(2)23(11-7-5-6-8-12-23)16-24-22(28)17-13-21(27)26(15-17)18-9-10-19(29-3)20(14-18)30-4/h9-10,14,17H,5-8,11-13,15-16H2,1-4H3,(H,24,28). The van der Waals surface area contributed by atoms with Gasteiger partial charge in [-0.05, 0) is 39.1 Å². The van der Waals surface area contributed by atoms with E-state index in [1.54, 1.807) is 31.3 Å². The van der Waals surface area contributed by atoms with E-state index in [0.717, 1.165) is 18.5 Å². The van der Waals surface area contributed by atoms with Crippen LogP contribution in [-0.2, 0) is 9.59 Å². The number of likely N-dealkylation sites (N-methyl/N-ethyl adjacent to an activating group) is 1. The summed E-state index contributed by atoms with van der Waals surface area (Å²) in [7, 11) is 7.36. The van der Waals surface area contributed by atoms with E-state index in [-0.39, 0.29) is 29.7 Å². The van der Waals surface area contributed by atoms with Crippen molar-refractivity contribution in [2.45, 2.75) is 50.5 Å². The summed E-state index contributed by atoms with van der Waals surface area (Å²) in [5, 5.41) is 3.17. The molecule has 0 spiro atoms. The summed E-state index contributed by atoms with van der Waals surface area (Å²) in [5.41, 5.74) is 0.735. The Balaban J connectivity index is 1.65. The summed E-state index contributed by atoms with van der Waals surface area (Å²) in [6, 6.07) is 5.39. The van der Waals surface area contributed by atoms with E-state index in [1.807, 2.05) is 6.07 Å². The van der Waals surface area contributed by atoms with Crippen molar-refractivity contribution < 1.29 is 19.1 Å². The smallest absolute Gasteiger partial charge is 0.227 e. The zero-order valence-corrected chi connectivity index (χ0v) is 18.7. The molecule has 1 aliphatic heterocycles. The average molecular weight is 418 g/mol. The highest BCUT2D eigenvalue weighted by Crippen LogP contribution is 2.34. The van der Waals surface area contributed by atoms with Crippen molar-refractivity contribution in [2.24, 2.45) is 5.92 Å². The van der Waals surface area contributed by atoms with Gasteiger partial charge >= 0.3 is 0 Å². The number of hydrogen-bond donors (Lipinski definition) is 1. The number of ether oxygens (including phenoxy) is 2. The maximum absolute atomic E-state index is 12.9. The first-order valence-corrected chi connectivity index (χ1v) is 10.9. The molecular formula is C23H35N3O4. The van der Waals surface area contributed by atoms with Gasteiger partial charge in [0.2, 0.25) is 11.8 Å². The van der Waals surface area contributed by atoms with E-state index < -0.39 is 0 Å². The number of nitrogens with zero attached hydrogens (tertiary/aromatic N) is 2. The first-order valence-electron chi connectivity index (χ1n) is 10.9. The molecule has 0 radical (unpaired) electrons. The van der Waals surface area contributed by atoms with Crippen LogP contribution in [0.15, 0.2) is 18.2 Å². The number of amides is 2. The second-order valence-corrected chi connectivity index (χ2v) is 8.70. The van der Waals surface area contributed by atoms with Crippen molar-refractivity contribution in [3.63, 3.8) is 0 Å². The molecule has 0 aromatic heterocycles. The van der Waals surface area contributed by atoms with Crippen LogP contribution in [0.2, 0.25) is 0 Å². The van der Waals surface area contributed by atoms with E-state index in [0.29, 0.717) is 24.6 Å². The quantitative estimate of drug-likeness (QED) is 0.691. The van der Waals surface area contributed by atoms with Crippen molar-refractivity contribution >= 4 is 17.5 Å². The van der Waals surface area contributed by atoms with Gasteiger partial charge in [0.15, 0.2) is 11.5 Å². The lowest BCUT2D eigenvalue weighted by atomic mass is 9.88. The van der Waals surface area contributed by atoms with Gasteiger partial charge in [-0.25, -0.2) is 0 Å². The predicted octanol–water partition coefficient (Wildman–Crippen LogP) is 2.83. The molecule has 1 unspecified atom stereocenters. The van der Waals surface area contributed by atoms with Crippen LogP contribution in [-0.4, -0.2) is 63.7 Å². The molecule has 1 N–H and O–H groups in total. The van der Waals surface area contributed by atoms with Gasteiger partial charge < -0.3 is 24.6 Å². The number of hydrogen-bond acceptors (Lipinski definition) is 5.